The normalized spacial score (nSPS) is 14.1. The van der Waals surface area contributed by atoms with E-state index in [0.717, 1.165) is 12.2 Å². The van der Waals surface area contributed by atoms with Gasteiger partial charge in [-0.2, -0.15) is 13.2 Å². The third-order valence-electron chi connectivity index (χ3n) is 1.76. The molecule has 0 radical (unpaired) electrons. The number of hydrogen-bond acceptors (Lipinski definition) is 0. The van der Waals surface area contributed by atoms with Crippen LogP contribution in [0, 0.1) is 5.92 Å². The Labute approximate surface area is 82.8 Å². The topological polar surface area (TPSA) is 0 Å². The predicted octanol–water partition coefficient (Wildman–Crippen LogP) is 4.26. The highest BCUT2D eigenvalue weighted by Gasteiger charge is 2.31. The average molecular weight is 204 g/mol. The van der Waals surface area contributed by atoms with Crippen LogP contribution in [0.3, 0.4) is 0 Å². The minimum absolute atomic E-state index is 0.0256. The molecular formula is C11H15F3. The molecule has 0 aromatic rings. The average Bonchev–Trinajstić information content (AvgIpc) is 2.01. The highest BCUT2D eigenvalue weighted by Crippen LogP contribution is 2.28. The van der Waals surface area contributed by atoms with Gasteiger partial charge in [-0.15, -0.1) is 0 Å². The largest absolute Gasteiger partial charge is 0.416 e. The van der Waals surface area contributed by atoms with E-state index < -0.39 is 11.7 Å². The molecular weight excluding hydrogens is 189 g/mol. The Morgan fingerprint density at radius 2 is 1.79 bits per heavy atom. The predicted molar refractivity (Wildman–Crippen MR) is 52.9 cm³/mol. The van der Waals surface area contributed by atoms with Gasteiger partial charge in [0.1, 0.15) is 0 Å². The van der Waals surface area contributed by atoms with Crippen molar-refractivity contribution in [3.05, 3.63) is 36.0 Å². The minimum atomic E-state index is -4.30. The zero-order chi connectivity index (χ0) is 11.4. The first-order valence-electron chi connectivity index (χ1n) is 4.39. The smallest absolute Gasteiger partial charge is 0.166 e. The number of hydrogen-bond donors (Lipinski definition) is 0. The Balaban J connectivity index is 4.93. The van der Waals surface area contributed by atoms with Crippen LogP contribution in [0.4, 0.5) is 13.2 Å². The highest BCUT2D eigenvalue weighted by molar-refractivity contribution is 5.32. The van der Waals surface area contributed by atoms with E-state index in [0.29, 0.717) is 5.57 Å². The first-order valence-corrected chi connectivity index (χ1v) is 4.39. The van der Waals surface area contributed by atoms with Gasteiger partial charge in [0, 0.05) is 0 Å². The molecule has 0 heterocycles. The van der Waals surface area contributed by atoms with E-state index in [1.807, 2.05) is 13.8 Å². The summed E-state index contributed by atoms with van der Waals surface area (Å²) in [6, 6.07) is 0. The Hall–Kier alpha value is -0.990. The van der Waals surface area contributed by atoms with Crippen molar-refractivity contribution in [1.29, 1.82) is 0 Å². The fourth-order valence-electron chi connectivity index (χ4n) is 0.770. The molecule has 0 bridgehead atoms. The van der Waals surface area contributed by atoms with Crippen molar-refractivity contribution in [2.75, 3.05) is 0 Å². The summed E-state index contributed by atoms with van der Waals surface area (Å²) in [6.45, 7) is 8.75. The molecule has 0 unspecified atom stereocenters. The van der Waals surface area contributed by atoms with E-state index >= 15 is 0 Å². The van der Waals surface area contributed by atoms with E-state index in [2.05, 4.69) is 6.58 Å². The minimum Gasteiger partial charge on any atom is -0.166 e. The summed E-state index contributed by atoms with van der Waals surface area (Å²) in [6.07, 6.45) is -0.796. The van der Waals surface area contributed by atoms with Crippen molar-refractivity contribution in [3.63, 3.8) is 0 Å². The van der Waals surface area contributed by atoms with E-state index in [1.54, 1.807) is 6.92 Å². The van der Waals surface area contributed by atoms with Gasteiger partial charge in [0.25, 0.3) is 0 Å². The maximum absolute atomic E-state index is 12.4. The molecule has 80 valence electrons. The molecule has 0 aliphatic rings. The Morgan fingerprint density at radius 3 is 2.07 bits per heavy atom. The highest BCUT2D eigenvalue weighted by atomic mass is 19.4. The second-order valence-electron chi connectivity index (χ2n) is 3.33. The van der Waals surface area contributed by atoms with Crippen LogP contribution in [0.2, 0.25) is 0 Å². The van der Waals surface area contributed by atoms with Crippen LogP contribution >= 0.6 is 0 Å². The lowest BCUT2D eigenvalue weighted by Gasteiger charge is -2.10. The standard InChI is InChI=1S/C11H15F3/c1-5-6-10(11(12,13)14)7-9(4)8(2)3/h5-8H,4H2,1-3H3/b6-5-,10-7+. The van der Waals surface area contributed by atoms with Gasteiger partial charge >= 0.3 is 6.18 Å². The number of alkyl halides is 3. The van der Waals surface area contributed by atoms with Crippen molar-refractivity contribution < 1.29 is 13.2 Å². The Morgan fingerprint density at radius 1 is 1.29 bits per heavy atom. The zero-order valence-electron chi connectivity index (χ0n) is 8.65. The van der Waals surface area contributed by atoms with Gasteiger partial charge in [-0.05, 0) is 18.9 Å². The fourth-order valence-corrected chi connectivity index (χ4v) is 0.770. The molecule has 14 heavy (non-hydrogen) atoms. The second-order valence-corrected chi connectivity index (χ2v) is 3.33. The van der Waals surface area contributed by atoms with E-state index in [-0.39, 0.29) is 5.92 Å². The molecule has 3 heteroatoms. The van der Waals surface area contributed by atoms with Gasteiger partial charge in [0.2, 0.25) is 0 Å². The summed E-state index contributed by atoms with van der Waals surface area (Å²) < 4.78 is 37.1. The fraction of sp³-hybridized carbons (Fsp3) is 0.455. The molecule has 0 rings (SSSR count). The SMILES string of the molecule is C=C(/C=C(\C=C/C)C(F)(F)F)C(C)C. The maximum Gasteiger partial charge on any atom is 0.416 e. The zero-order valence-corrected chi connectivity index (χ0v) is 8.65. The molecule has 0 N–H and O–H groups in total. The Bertz CT molecular complexity index is 254. The van der Waals surface area contributed by atoms with Crippen LogP contribution in [0.25, 0.3) is 0 Å². The summed E-state index contributed by atoms with van der Waals surface area (Å²) in [4.78, 5) is 0. The van der Waals surface area contributed by atoms with Crippen LogP contribution in [-0.2, 0) is 0 Å². The summed E-state index contributed by atoms with van der Waals surface area (Å²) in [5.41, 5.74) is -0.172. The van der Waals surface area contributed by atoms with Gasteiger partial charge in [-0.3, -0.25) is 0 Å². The third kappa shape index (κ3) is 4.30. The van der Waals surface area contributed by atoms with Gasteiger partial charge in [0.15, 0.2) is 0 Å². The summed E-state index contributed by atoms with van der Waals surface area (Å²) in [5, 5.41) is 0. The molecule has 0 aromatic heterocycles. The van der Waals surface area contributed by atoms with E-state index in [9.17, 15) is 13.2 Å². The van der Waals surface area contributed by atoms with Crippen molar-refractivity contribution >= 4 is 0 Å². The lowest BCUT2D eigenvalue weighted by molar-refractivity contribution is -0.0882. The lowest BCUT2D eigenvalue weighted by Crippen LogP contribution is -2.10. The molecule has 0 spiro atoms. The van der Waals surface area contributed by atoms with E-state index in [1.165, 1.54) is 6.08 Å². The second kappa shape index (κ2) is 5.03. The first kappa shape index (κ1) is 13.0. The molecule has 0 nitrogen and oxygen atoms in total. The van der Waals surface area contributed by atoms with Gasteiger partial charge in [0.05, 0.1) is 5.57 Å². The molecule has 0 fully saturated rings. The summed E-state index contributed by atoms with van der Waals surface area (Å²) in [7, 11) is 0. The Kier molecular flexibility index (Phi) is 4.68. The molecule has 0 aliphatic carbocycles. The van der Waals surface area contributed by atoms with Gasteiger partial charge < -0.3 is 0 Å². The van der Waals surface area contributed by atoms with Gasteiger partial charge in [-0.25, -0.2) is 0 Å². The first-order chi connectivity index (χ1) is 6.29. The van der Waals surface area contributed by atoms with Crippen molar-refractivity contribution in [3.8, 4) is 0 Å². The van der Waals surface area contributed by atoms with E-state index in [4.69, 9.17) is 0 Å². The van der Waals surface area contributed by atoms with Crippen molar-refractivity contribution in [2.45, 2.75) is 26.9 Å². The summed E-state index contributed by atoms with van der Waals surface area (Å²) in [5.74, 6) is 0.0256. The van der Waals surface area contributed by atoms with Crippen LogP contribution in [0.1, 0.15) is 20.8 Å². The molecule has 0 atom stereocenters. The van der Waals surface area contributed by atoms with Crippen molar-refractivity contribution in [2.24, 2.45) is 5.92 Å². The summed E-state index contributed by atoms with van der Waals surface area (Å²) >= 11 is 0. The monoisotopic (exact) mass is 204 g/mol. The number of allylic oxidation sites excluding steroid dienone is 5. The molecule has 0 amide bonds. The van der Waals surface area contributed by atoms with Crippen LogP contribution in [0.5, 0.6) is 0 Å². The molecule has 0 aromatic carbocycles. The number of rotatable bonds is 3. The maximum atomic E-state index is 12.4. The quantitative estimate of drug-likeness (QED) is 0.602. The van der Waals surface area contributed by atoms with Crippen molar-refractivity contribution in [1.82, 2.24) is 0 Å². The lowest BCUT2D eigenvalue weighted by atomic mass is 10.0. The van der Waals surface area contributed by atoms with Crippen LogP contribution < -0.4 is 0 Å². The third-order valence-corrected chi connectivity index (χ3v) is 1.76. The number of halogens is 3. The van der Waals surface area contributed by atoms with Crippen LogP contribution in [0.15, 0.2) is 36.0 Å². The molecule has 0 saturated heterocycles. The molecule has 0 aliphatic heterocycles. The van der Waals surface area contributed by atoms with Crippen LogP contribution in [-0.4, -0.2) is 6.18 Å². The van der Waals surface area contributed by atoms with Gasteiger partial charge in [-0.1, -0.05) is 38.2 Å². The molecule has 0 saturated carbocycles.